The Morgan fingerprint density at radius 3 is 1.80 bits per heavy atom. The number of aliphatic carboxylic acids is 2. The molecule has 0 saturated heterocycles. The number of carbonyl (C=O) groups is 2. The van der Waals surface area contributed by atoms with Gasteiger partial charge in [-0.05, 0) is 6.42 Å². The molecule has 0 rings (SSSR count). The summed E-state index contributed by atoms with van der Waals surface area (Å²) in [5.74, 6) is -4.60. The number of hydrogen-bond donors (Lipinski definition) is 2. The van der Waals surface area contributed by atoms with E-state index in [1.54, 1.807) is 0 Å². The first-order valence-corrected chi connectivity index (χ1v) is 2.61. The van der Waals surface area contributed by atoms with E-state index < -0.39 is 31.0 Å². The van der Waals surface area contributed by atoms with Crippen molar-refractivity contribution in [1.29, 1.82) is 0 Å². The summed E-state index contributed by atoms with van der Waals surface area (Å²) < 4.78 is 11.4. The van der Waals surface area contributed by atoms with Crippen LogP contribution in [-0.4, -0.2) is 28.8 Å². The first-order valence-electron chi connectivity index (χ1n) is 2.61. The lowest BCUT2D eigenvalue weighted by atomic mass is 10.1. The van der Waals surface area contributed by atoms with Crippen LogP contribution >= 0.6 is 0 Å². The normalized spacial score (nSPS) is 9.80. The molecule has 0 aromatic carbocycles. The third-order valence-electron chi connectivity index (χ3n) is 0.994. The van der Waals surface area contributed by atoms with Crippen molar-refractivity contribution in [2.24, 2.45) is 5.92 Å². The van der Waals surface area contributed by atoms with Gasteiger partial charge in [0.1, 0.15) is 0 Å². The predicted molar refractivity (Wildman–Crippen MR) is 29.4 cm³/mol. The molecule has 0 unspecified atom stereocenters. The smallest absolute Gasteiger partial charge is 0.317 e. The molecule has 0 fully saturated rings. The maximum Gasteiger partial charge on any atom is 0.317 e. The van der Waals surface area contributed by atoms with Gasteiger partial charge in [-0.25, -0.2) is 0 Å². The number of carboxylic acids is 2. The van der Waals surface area contributed by atoms with Gasteiger partial charge >= 0.3 is 11.9 Å². The SMILES string of the molecule is O=C(O)C(CCF)C(=O)O. The molecule has 0 aliphatic rings. The van der Waals surface area contributed by atoms with Gasteiger partial charge in [0, 0.05) is 0 Å². The summed E-state index contributed by atoms with van der Waals surface area (Å²) >= 11 is 0. The largest absolute Gasteiger partial charge is 0.481 e. The highest BCUT2D eigenvalue weighted by molar-refractivity contribution is 5.92. The molecule has 0 saturated carbocycles. The molecule has 10 heavy (non-hydrogen) atoms. The van der Waals surface area contributed by atoms with Crippen molar-refractivity contribution in [2.45, 2.75) is 6.42 Å². The molecule has 0 aromatic heterocycles. The van der Waals surface area contributed by atoms with Crippen LogP contribution in [0, 0.1) is 5.92 Å². The van der Waals surface area contributed by atoms with Crippen molar-refractivity contribution in [2.75, 3.05) is 6.67 Å². The summed E-state index contributed by atoms with van der Waals surface area (Å²) in [6, 6.07) is 0. The van der Waals surface area contributed by atoms with Crippen LogP contribution in [0.5, 0.6) is 0 Å². The highest BCUT2D eigenvalue weighted by Gasteiger charge is 2.24. The molecular weight excluding hydrogens is 143 g/mol. The fraction of sp³-hybridized carbons (Fsp3) is 0.600. The molecular formula is C5H7FO4. The number of halogens is 1. The van der Waals surface area contributed by atoms with Gasteiger partial charge in [0.25, 0.3) is 0 Å². The zero-order valence-corrected chi connectivity index (χ0v) is 5.08. The average molecular weight is 150 g/mol. The Kier molecular flexibility index (Phi) is 3.38. The molecule has 4 nitrogen and oxygen atoms in total. The molecule has 0 aliphatic heterocycles. The number of carboxylic acid groups (broad SMARTS) is 2. The Labute approximate surface area is 56.3 Å². The van der Waals surface area contributed by atoms with E-state index in [4.69, 9.17) is 10.2 Å². The van der Waals surface area contributed by atoms with Crippen LogP contribution in [0.3, 0.4) is 0 Å². The van der Waals surface area contributed by atoms with E-state index in [9.17, 15) is 14.0 Å². The lowest BCUT2D eigenvalue weighted by Gasteiger charge is -2.01. The van der Waals surface area contributed by atoms with E-state index in [2.05, 4.69) is 0 Å². The van der Waals surface area contributed by atoms with Crippen molar-refractivity contribution in [3.05, 3.63) is 0 Å². The Morgan fingerprint density at radius 1 is 1.30 bits per heavy atom. The summed E-state index contributed by atoms with van der Waals surface area (Å²) in [6.07, 6.45) is -0.468. The zero-order valence-electron chi connectivity index (χ0n) is 5.08. The quantitative estimate of drug-likeness (QED) is 0.558. The first kappa shape index (κ1) is 8.87. The average Bonchev–Trinajstić information content (AvgIpc) is 1.81. The molecule has 0 aliphatic carbocycles. The van der Waals surface area contributed by atoms with Gasteiger partial charge in [-0.2, -0.15) is 0 Å². The molecule has 0 bridgehead atoms. The van der Waals surface area contributed by atoms with Crippen LogP contribution in [0.2, 0.25) is 0 Å². The summed E-state index contributed by atoms with van der Waals surface area (Å²) in [6.45, 7) is -0.927. The van der Waals surface area contributed by atoms with Gasteiger partial charge in [0.05, 0.1) is 6.67 Å². The highest BCUT2D eigenvalue weighted by Crippen LogP contribution is 2.03. The first-order chi connectivity index (χ1) is 4.59. The van der Waals surface area contributed by atoms with Crippen molar-refractivity contribution in [3.8, 4) is 0 Å². The molecule has 0 radical (unpaired) electrons. The van der Waals surface area contributed by atoms with Crippen LogP contribution < -0.4 is 0 Å². The second-order valence-corrected chi connectivity index (χ2v) is 1.71. The van der Waals surface area contributed by atoms with Crippen molar-refractivity contribution < 1.29 is 24.2 Å². The summed E-state index contributed by atoms with van der Waals surface area (Å²) in [5, 5.41) is 16.3. The van der Waals surface area contributed by atoms with Gasteiger partial charge in [0.15, 0.2) is 5.92 Å². The van der Waals surface area contributed by atoms with Gasteiger partial charge in [0.2, 0.25) is 0 Å². The Hall–Kier alpha value is -1.13. The summed E-state index contributed by atoms with van der Waals surface area (Å²) in [4.78, 5) is 20.0. The molecule has 0 aromatic rings. The van der Waals surface area contributed by atoms with Crippen LogP contribution in [-0.2, 0) is 9.59 Å². The molecule has 0 heterocycles. The fourth-order valence-electron chi connectivity index (χ4n) is 0.462. The molecule has 5 heteroatoms. The monoisotopic (exact) mass is 150 g/mol. The molecule has 0 atom stereocenters. The summed E-state index contributed by atoms with van der Waals surface area (Å²) in [7, 11) is 0. The van der Waals surface area contributed by atoms with E-state index in [-0.39, 0.29) is 0 Å². The summed E-state index contributed by atoms with van der Waals surface area (Å²) in [5.41, 5.74) is 0. The third-order valence-corrected chi connectivity index (χ3v) is 0.994. The van der Waals surface area contributed by atoms with Gasteiger partial charge in [-0.1, -0.05) is 0 Å². The van der Waals surface area contributed by atoms with E-state index in [0.29, 0.717) is 0 Å². The number of rotatable bonds is 4. The second kappa shape index (κ2) is 3.81. The molecule has 0 spiro atoms. The molecule has 2 N–H and O–H groups in total. The van der Waals surface area contributed by atoms with Gasteiger partial charge < -0.3 is 10.2 Å². The highest BCUT2D eigenvalue weighted by atomic mass is 19.1. The third kappa shape index (κ3) is 2.43. The van der Waals surface area contributed by atoms with E-state index in [1.807, 2.05) is 0 Å². The fourth-order valence-corrected chi connectivity index (χ4v) is 0.462. The minimum Gasteiger partial charge on any atom is -0.481 e. The van der Waals surface area contributed by atoms with Crippen LogP contribution in [0.1, 0.15) is 6.42 Å². The lowest BCUT2D eigenvalue weighted by Crippen LogP contribution is -2.23. The predicted octanol–water partition coefficient (Wildman–Crippen LogP) is 0.131. The molecule has 58 valence electrons. The van der Waals surface area contributed by atoms with E-state index in [0.717, 1.165) is 0 Å². The minimum absolute atomic E-state index is 0.468. The van der Waals surface area contributed by atoms with Gasteiger partial charge in [-0.3, -0.25) is 14.0 Å². The zero-order chi connectivity index (χ0) is 8.15. The van der Waals surface area contributed by atoms with Gasteiger partial charge in [-0.15, -0.1) is 0 Å². The topological polar surface area (TPSA) is 74.6 Å². The second-order valence-electron chi connectivity index (χ2n) is 1.71. The standard InChI is InChI=1S/C5H7FO4/c6-2-1-3(4(7)8)5(9)10/h3H,1-2H2,(H,7,8)(H,9,10). The van der Waals surface area contributed by atoms with Crippen molar-refractivity contribution in [1.82, 2.24) is 0 Å². The maximum absolute atomic E-state index is 11.4. The Bertz CT molecular complexity index is 131. The lowest BCUT2D eigenvalue weighted by molar-refractivity contribution is -0.154. The van der Waals surface area contributed by atoms with Crippen molar-refractivity contribution in [3.63, 3.8) is 0 Å². The van der Waals surface area contributed by atoms with Crippen LogP contribution in [0.25, 0.3) is 0 Å². The van der Waals surface area contributed by atoms with Crippen molar-refractivity contribution >= 4 is 11.9 Å². The Morgan fingerprint density at radius 2 is 1.70 bits per heavy atom. The minimum atomic E-state index is -1.61. The number of alkyl halides is 1. The van der Waals surface area contributed by atoms with E-state index in [1.165, 1.54) is 0 Å². The molecule has 0 amide bonds. The maximum atomic E-state index is 11.4. The van der Waals surface area contributed by atoms with E-state index >= 15 is 0 Å². The van der Waals surface area contributed by atoms with Crippen LogP contribution in [0.15, 0.2) is 0 Å². The Balaban J connectivity index is 3.98. The van der Waals surface area contributed by atoms with Crippen LogP contribution in [0.4, 0.5) is 4.39 Å². The number of hydrogen-bond acceptors (Lipinski definition) is 2.